The van der Waals surface area contributed by atoms with Crippen LogP contribution in [-0.4, -0.2) is 50.8 Å². The lowest BCUT2D eigenvalue weighted by Crippen LogP contribution is -2.43. The van der Waals surface area contributed by atoms with E-state index in [4.69, 9.17) is 9.47 Å². The molecule has 1 N–H and O–H groups in total. The van der Waals surface area contributed by atoms with Gasteiger partial charge in [0, 0.05) is 18.9 Å². The number of hydrogen-bond acceptors (Lipinski definition) is 5. The number of carbonyl (C=O) groups excluding carboxylic acids is 1. The molecule has 1 fully saturated rings. The minimum Gasteiger partial charge on any atom is -0.497 e. The lowest BCUT2D eigenvalue weighted by Gasteiger charge is -2.43. The number of nitrogens with zero attached hydrogens (tertiary/aromatic N) is 1. The molecule has 0 aromatic heterocycles. The van der Waals surface area contributed by atoms with E-state index in [1.807, 2.05) is 56.6 Å². The van der Waals surface area contributed by atoms with Crippen LogP contribution in [0, 0.1) is 5.92 Å². The number of carbonyl (C=O) groups is 1. The van der Waals surface area contributed by atoms with Gasteiger partial charge in [-0.1, -0.05) is 35.9 Å². The Morgan fingerprint density at radius 3 is 2.67 bits per heavy atom. The Hall–Kier alpha value is -2.63. The minimum atomic E-state index is -0.983. The van der Waals surface area contributed by atoms with E-state index in [2.05, 4.69) is 11.0 Å². The summed E-state index contributed by atoms with van der Waals surface area (Å²) in [6, 6.07) is 15.1. The third-order valence-electron chi connectivity index (χ3n) is 5.82. The number of benzene rings is 2. The quantitative estimate of drug-likeness (QED) is 0.728. The maximum absolute atomic E-state index is 11.9. The Labute approximate surface area is 178 Å². The molecule has 0 heterocycles. The van der Waals surface area contributed by atoms with Gasteiger partial charge in [-0.05, 0) is 62.3 Å². The van der Waals surface area contributed by atoms with Crippen LogP contribution >= 0.6 is 0 Å². The van der Waals surface area contributed by atoms with E-state index in [-0.39, 0.29) is 11.9 Å². The van der Waals surface area contributed by atoms with Gasteiger partial charge >= 0.3 is 5.97 Å². The SMILES string of the molecule is COC(=O)c1cccc(/C=C2\CC[C@@H](CN(C)C)[C@@](O)(c3cccc(OC)c3)C2)c1. The first-order valence-corrected chi connectivity index (χ1v) is 10.2. The summed E-state index contributed by atoms with van der Waals surface area (Å²) >= 11 is 0. The Morgan fingerprint density at radius 2 is 1.97 bits per heavy atom. The molecule has 5 heteroatoms. The average molecular weight is 410 g/mol. The van der Waals surface area contributed by atoms with Crippen molar-refractivity contribution in [1.82, 2.24) is 4.90 Å². The van der Waals surface area contributed by atoms with Crippen molar-refractivity contribution in [3.8, 4) is 5.75 Å². The van der Waals surface area contributed by atoms with E-state index in [9.17, 15) is 9.90 Å². The van der Waals surface area contributed by atoms with Gasteiger partial charge < -0.3 is 19.5 Å². The number of methoxy groups -OCH3 is 2. The van der Waals surface area contributed by atoms with Crippen molar-refractivity contribution in [2.75, 3.05) is 34.9 Å². The molecule has 2 aromatic rings. The smallest absolute Gasteiger partial charge is 0.337 e. The second-order valence-electron chi connectivity index (χ2n) is 8.25. The molecule has 2 atom stereocenters. The average Bonchev–Trinajstić information content (AvgIpc) is 2.75. The maximum atomic E-state index is 11.9. The summed E-state index contributed by atoms with van der Waals surface area (Å²) in [5.41, 5.74) is 2.52. The Balaban J connectivity index is 1.95. The van der Waals surface area contributed by atoms with Crippen molar-refractivity contribution in [3.63, 3.8) is 0 Å². The first kappa shape index (κ1) is 22.1. The topological polar surface area (TPSA) is 59.0 Å². The molecule has 0 bridgehead atoms. The van der Waals surface area contributed by atoms with Crippen molar-refractivity contribution in [3.05, 3.63) is 70.8 Å². The van der Waals surface area contributed by atoms with E-state index in [1.54, 1.807) is 13.2 Å². The number of rotatable bonds is 6. The van der Waals surface area contributed by atoms with Crippen LogP contribution in [0.1, 0.15) is 40.7 Å². The standard InChI is InChI=1S/C25H31NO4/c1-26(2)17-22-12-11-19(13-18-7-5-8-20(14-18)24(27)30-4)16-25(22,28)21-9-6-10-23(15-21)29-3/h5-10,13-15,22,28H,11-12,16-17H2,1-4H3/b19-13+/t22-,25-/m0/s1. The van der Waals surface area contributed by atoms with Crippen molar-refractivity contribution >= 4 is 12.0 Å². The fourth-order valence-corrected chi connectivity index (χ4v) is 4.32. The zero-order chi connectivity index (χ0) is 21.7. The molecule has 0 saturated heterocycles. The molecule has 0 radical (unpaired) electrons. The molecule has 1 aliphatic carbocycles. The van der Waals surface area contributed by atoms with Crippen molar-refractivity contribution in [2.45, 2.75) is 24.9 Å². The van der Waals surface area contributed by atoms with E-state index >= 15 is 0 Å². The molecule has 3 rings (SSSR count). The summed E-state index contributed by atoms with van der Waals surface area (Å²) < 4.78 is 10.2. The first-order valence-electron chi connectivity index (χ1n) is 10.2. The molecular weight excluding hydrogens is 378 g/mol. The molecule has 0 amide bonds. The molecule has 30 heavy (non-hydrogen) atoms. The van der Waals surface area contributed by atoms with Crippen LogP contribution in [0.3, 0.4) is 0 Å². The molecule has 0 aliphatic heterocycles. The predicted octanol–water partition coefficient (Wildman–Crippen LogP) is 4.11. The molecule has 160 valence electrons. The summed E-state index contributed by atoms with van der Waals surface area (Å²) in [4.78, 5) is 14.0. The monoisotopic (exact) mass is 409 g/mol. The molecule has 1 aliphatic rings. The van der Waals surface area contributed by atoms with Gasteiger partial charge in [0.25, 0.3) is 0 Å². The van der Waals surface area contributed by atoms with E-state index in [0.29, 0.717) is 12.0 Å². The van der Waals surface area contributed by atoms with Crippen LogP contribution in [0.5, 0.6) is 5.75 Å². The Kier molecular flexibility index (Phi) is 6.95. The largest absolute Gasteiger partial charge is 0.497 e. The number of hydrogen-bond donors (Lipinski definition) is 1. The van der Waals surface area contributed by atoms with Gasteiger partial charge in [0.2, 0.25) is 0 Å². The molecule has 5 nitrogen and oxygen atoms in total. The molecule has 1 saturated carbocycles. The fraction of sp³-hybridized carbons (Fsp3) is 0.400. The van der Waals surface area contributed by atoms with Crippen LogP contribution in [-0.2, 0) is 10.3 Å². The van der Waals surface area contributed by atoms with E-state index < -0.39 is 5.60 Å². The molecule has 0 unspecified atom stereocenters. The van der Waals surface area contributed by atoms with Gasteiger partial charge in [0.15, 0.2) is 0 Å². The number of ether oxygens (including phenoxy) is 2. The summed E-state index contributed by atoms with van der Waals surface area (Å²) in [5, 5.41) is 11.9. The highest BCUT2D eigenvalue weighted by molar-refractivity contribution is 5.90. The summed E-state index contributed by atoms with van der Waals surface area (Å²) in [7, 11) is 7.10. The van der Waals surface area contributed by atoms with Crippen LogP contribution in [0.15, 0.2) is 54.1 Å². The third-order valence-corrected chi connectivity index (χ3v) is 5.82. The van der Waals surface area contributed by atoms with E-state index in [0.717, 1.165) is 41.8 Å². The minimum absolute atomic E-state index is 0.109. The Morgan fingerprint density at radius 1 is 1.20 bits per heavy atom. The summed E-state index contributed by atoms with van der Waals surface area (Å²) in [6.45, 7) is 0.804. The molecular formula is C25H31NO4. The normalized spacial score (nSPS) is 22.9. The van der Waals surface area contributed by atoms with Crippen LogP contribution in [0.2, 0.25) is 0 Å². The third kappa shape index (κ3) is 4.91. The van der Waals surface area contributed by atoms with Gasteiger partial charge in [0.1, 0.15) is 5.75 Å². The lowest BCUT2D eigenvalue weighted by atomic mass is 9.69. The van der Waals surface area contributed by atoms with Crippen LogP contribution in [0.25, 0.3) is 6.08 Å². The van der Waals surface area contributed by atoms with Crippen molar-refractivity contribution in [2.24, 2.45) is 5.92 Å². The first-order chi connectivity index (χ1) is 14.4. The lowest BCUT2D eigenvalue weighted by molar-refractivity contribution is -0.0472. The second kappa shape index (κ2) is 9.45. The maximum Gasteiger partial charge on any atom is 0.337 e. The van der Waals surface area contributed by atoms with Gasteiger partial charge in [-0.25, -0.2) is 4.79 Å². The van der Waals surface area contributed by atoms with Gasteiger partial charge in [-0.15, -0.1) is 0 Å². The summed E-state index contributed by atoms with van der Waals surface area (Å²) in [6.07, 6.45) is 4.42. The van der Waals surface area contributed by atoms with Crippen molar-refractivity contribution in [1.29, 1.82) is 0 Å². The van der Waals surface area contributed by atoms with Gasteiger partial charge in [-0.3, -0.25) is 0 Å². The zero-order valence-corrected chi connectivity index (χ0v) is 18.2. The van der Waals surface area contributed by atoms with Gasteiger partial charge in [-0.2, -0.15) is 0 Å². The van der Waals surface area contributed by atoms with E-state index in [1.165, 1.54) is 7.11 Å². The number of esters is 1. The highest BCUT2D eigenvalue weighted by Gasteiger charge is 2.42. The van der Waals surface area contributed by atoms with Crippen molar-refractivity contribution < 1.29 is 19.4 Å². The second-order valence-corrected chi connectivity index (χ2v) is 8.25. The number of aliphatic hydroxyl groups is 1. The fourth-order valence-electron chi connectivity index (χ4n) is 4.32. The highest BCUT2D eigenvalue weighted by atomic mass is 16.5. The molecule has 0 spiro atoms. The predicted molar refractivity (Wildman–Crippen MR) is 119 cm³/mol. The van der Waals surface area contributed by atoms with Gasteiger partial charge in [0.05, 0.1) is 25.4 Å². The Bertz CT molecular complexity index is 921. The highest BCUT2D eigenvalue weighted by Crippen LogP contribution is 2.45. The van der Waals surface area contributed by atoms with Crippen LogP contribution in [0.4, 0.5) is 0 Å². The zero-order valence-electron chi connectivity index (χ0n) is 18.2. The summed E-state index contributed by atoms with van der Waals surface area (Å²) in [5.74, 6) is 0.502. The molecule has 2 aromatic carbocycles. The van der Waals surface area contributed by atoms with Crippen LogP contribution < -0.4 is 4.74 Å².